The van der Waals surface area contributed by atoms with Gasteiger partial charge in [0.15, 0.2) is 5.78 Å². The number of carbonyl (C=O) groups is 3. The molecule has 0 unspecified atom stereocenters. The second-order valence-corrected chi connectivity index (χ2v) is 5.01. The van der Waals surface area contributed by atoms with E-state index in [9.17, 15) is 14.4 Å². The average Bonchev–Trinajstić information content (AvgIpc) is 2.60. The van der Waals surface area contributed by atoms with E-state index >= 15 is 0 Å². The maximum atomic E-state index is 11.8. The molecule has 0 aliphatic rings. The fourth-order valence-corrected chi connectivity index (χ4v) is 1.93. The summed E-state index contributed by atoms with van der Waals surface area (Å²) in [6.07, 6.45) is 2.40. The molecule has 0 spiro atoms. The van der Waals surface area contributed by atoms with Gasteiger partial charge in [0.2, 0.25) is 0 Å². The van der Waals surface area contributed by atoms with Gasteiger partial charge in [-0.15, -0.1) is 0 Å². The molecule has 5 heteroatoms. The van der Waals surface area contributed by atoms with E-state index < -0.39 is 11.9 Å². The average molecular weight is 324 g/mol. The van der Waals surface area contributed by atoms with Crippen molar-refractivity contribution < 1.29 is 24.2 Å². The minimum Gasteiger partial charge on any atom is -0.508 e. The summed E-state index contributed by atoms with van der Waals surface area (Å²) in [4.78, 5) is 35.0. The Morgan fingerprint density at radius 1 is 0.917 bits per heavy atom. The summed E-state index contributed by atoms with van der Waals surface area (Å²) < 4.78 is 4.62. The molecule has 0 saturated heterocycles. The highest BCUT2D eigenvalue weighted by Crippen LogP contribution is 2.11. The third kappa shape index (κ3) is 5.53. The standard InChI is InChI=1S/C19H16O5/c20-16-9-6-14(7-10-16)8-12-18(22)24-19(23)13-11-17(21)15-4-2-1-3-5-15/h1-10,12,20H,11,13H2. The Balaban J connectivity index is 1.78. The van der Waals surface area contributed by atoms with Gasteiger partial charge in [-0.1, -0.05) is 42.5 Å². The second kappa shape index (κ2) is 8.43. The van der Waals surface area contributed by atoms with E-state index in [0.29, 0.717) is 11.1 Å². The molecular weight excluding hydrogens is 308 g/mol. The summed E-state index contributed by atoms with van der Waals surface area (Å²) in [5.41, 5.74) is 1.19. The Hall–Kier alpha value is -3.21. The fraction of sp³-hybridized carbons (Fsp3) is 0.105. The molecule has 0 bridgehead atoms. The van der Waals surface area contributed by atoms with Crippen molar-refractivity contribution in [3.05, 3.63) is 71.8 Å². The minimum absolute atomic E-state index is 0.0161. The van der Waals surface area contributed by atoms with Crippen molar-refractivity contribution in [1.82, 2.24) is 0 Å². The van der Waals surface area contributed by atoms with Gasteiger partial charge in [-0.25, -0.2) is 4.79 Å². The summed E-state index contributed by atoms with van der Waals surface area (Å²) >= 11 is 0. The molecule has 0 aromatic heterocycles. The van der Waals surface area contributed by atoms with Crippen LogP contribution in [0.5, 0.6) is 5.75 Å². The Kier molecular flexibility index (Phi) is 6.02. The lowest BCUT2D eigenvalue weighted by Crippen LogP contribution is -2.12. The first-order valence-electron chi connectivity index (χ1n) is 7.34. The molecule has 0 saturated carbocycles. The number of hydrogen-bond donors (Lipinski definition) is 1. The van der Waals surface area contributed by atoms with Crippen LogP contribution in [-0.4, -0.2) is 22.8 Å². The number of Topliss-reactive ketones (excluding diaryl/α,β-unsaturated/α-hetero) is 1. The number of phenols is 1. The van der Waals surface area contributed by atoms with Crippen LogP contribution in [0.15, 0.2) is 60.7 Å². The molecule has 0 aliphatic carbocycles. The molecule has 0 fully saturated rings. The van der Waals surface area contributed by atoms with Crippen LogP contribution in [-0.2, 0) is 14.3 Å². The van der Waals surface area contributed by atoms with Gasteiger partial charge in [0, 0.05) is 18.1 Å². The van der Waals surface area contributed by atoms with Gasteiger partial charge in [0.25, 0.3) is 0 Å². The van der Waals surface area contributed by atoms with Crippen LogP contribution in [0.3, 0.4) is 0 Å². The summed E-state index contributed by atoms with van der Waals surface area (Å²) in [5, 5.41) is 9.15. The molecule has 24 heavy (non-hydrogen) atoms. The summed E-state index contributed by atoms with van der Waals surface area (Å²) in [5.74, 6) is -1.62. The molecule has 2 aromatic rings. The molecule has 0 atom stereocenters. The lowest BCUT2D eigenvalue weighted by atomic mass is 10.1. The van der Waals surface area contributed by atoms with Crippen LogP contribution < -0.4 is 0 Å². The molecule has 5 nitrogen and oxygen atoms in total. The maximum Gasteiger partial charge on any atom is 0.338 e. The molecule has 122 valence electrons. The van der Waals surface area contributed by atoms with E-state index in [2.05, 4.69) is 4.74 Å². The van der Waals surface area contributed by atoms with E-state index in [-0.39, 0.29) is 24.4 Å². The Labute approximate surface area is 139 Å². The number of ketones is 1. The number of hydrogen-bond acceptors (Lipinski definition) is 5. The molecule has 2 aromatic carbocycles. The highest BCUT2D eigenvalue weighted by Gasteiger charge is 2.12. The Morgan fingerprint density at radius 2 is 1.58 bits per heavy atom. The molecule has 0 radical (unpaired) electrons. The van der Waals surface area contributed by atoms with Gasteiger partial charge in [0.05, 0.1) is 6.42 Å². The highest BCUT2D eigenvalue weighted by molar-refractivity contribution is 5.99. The molecule has 0 amide bonds. The minimum atomic E-state index is -0.805. The number of rotatable bonds is 6. The van der Waals surface area contributed by atoms with Crippen molar-refractivity contribution in [3.8, 4) is 5.75 Å². The lowest BCUT2D eigenvalue weighted by Gasteiger charge is -2.01. The van der Waals surface area contributed by atoms with Crippen LogP contribution >= 0.6 is 0 Å². The number of phenolic OH excluding ortho intramolecular Hbond substituents is 1. The first kappa shape index (κ1) is 17.1. The van der Waals surface area contributed by atoms with Gasteiger partial charge in [-0.2, -0.15) is 0 Å². The molecule has 0 aliphatic heterocycles. The van der Waals surface area contributed by atoms with Gasteiger partial charge in [-0.3, -0.25) is 9.59 Å². The number of aromatic hydroxyl groups is 1. The van der Waals surface area contributed by atoms with Crippen molar-refractivity contribution >= 4 is 23.8 Å². The van der Waals surface area contributed by atoms with Crippen molar-refractivity contribution in [3.63, 3.8) is 0 Å². The first-order chi connectivity index (χ1) is 11.5. The third-order valence-electron chi connectivity index (χ3n) is 3.17. The smallest absolute Gasteiger partial charge is 0.338 e. The maximum absolute atomic E-state index is 11.8. The summed E-state index contributed by atoms with van der Waals surface area (Å²) in [6.45, 7) is 0. The van der Waals surface area contributed by atoms with E-state index in [1.165, 1.54) is 18.2 Å². The predicted octanol–water partition coefficient (Wildman–Crippen LogP) is 3.14. The molecule has 1 N–H and O–H groups in total. The van der Waals surface area contributed by atoms with Crippen LogP contribution in [0.1, 0.15) is 28.8 Å². The zero-order valence-electron chi connectivity index (χ0n) is 12.8. The first-order valence-corrected chi connectivity index (χ1v) is 7.34. The van der Waals surface area contributed by atoms with Crippen molar-refractivity contribution in [1.29, 1.82) is 0 Å². The summed E-state index contributed by atoms with van der Waals surface area (Å²) in [7, 11) is 0. The van der Waals surface area contributed by atoms with Crippen LogP contribution in [0, 0.1) is 0 Å². The van der Waals surface area contributed by atoms with Crippen LogP contribution in [0.25, 0.3) is 6.08 Å². The predicted molar refractivity (Wildman–Crippen MR) is 88.2 cm³/mol. The zero-order valence-corrected chi connectivity index (χ0v) is 12.8. The topological polar surface area (TPSA) is 80.7 Å². The van der Waals surface area contributed by atoms with E-state index in [1.54, 1.807) is 42.5 Å². The number of benzene rings is 2. The molecule has 2 rings (SSSR count). The zero-order chi connectivity index (χ0) is 17.4. The largest absolute Gasteiger partial charge is 0.508 e. The fourth-order valence-electron chi connectivity index (χ4n) is 1.93. The van der Waals surface area contributed by atoms with Gasteiger partial charge < -0.3 is 9.84 Å². The van der Waals surface area contributed by atoms with Gasteiger partial charge in [-0.05, 0) is 23.8 Å². The number of ether oxygens (including phenoxy) is 1. The van der Waals surface area contributed by atoms with Gasteiger partial charge in [0.1, 0.15) is 5.75 Å². The quantitative estimate of drug-likeness (QED) is 0.382. The normalized spacial score (nSPS) is 10.5. The Morgan fingerprint density at radius 3 is 2.25 bits per heavy atom. The Bertz CT molecular complexity index is 745. The number of esters is 2. The van der Waals surface area contributed by atoms with Crippen LogP contribution in [0.4, 0.5) is 0 Å². The van der Waals surface area contributed by atoms with Gasteiger partial charge >= 0.3 is 11.9 Å². The second-order valence-electron chi connectivity index (χ2n) is 5.01. The van der Waals surface area contributed by atoms with Crippen molar-refractivity contribution in [2.24, 2.45) is 0 Å². The van der Waals surface area contributed by atoms with Crippen molar-refractivity contribution in [2.45, 2.75) is 12.8 Å². The van der Waals surface area contributed by atoms with Crippen molar-refractivity contribution in [2.75, 3.05) is 0 Å². The van der Waals surface area contributed by atoms with E-state index in [4.69, 9.17) is 5.11 Å². The molecular formula is C19H16O5. The third-order valence-corrected chi connectivity index (χ3v) is 3.17. The van der Waals surface area contributed by atoms with E-state index in [0.717, 1.165) is 6.08 Å². The monoisotopic (exact) mass is 324 g/mol. The van der Waals surface area contributed by atoms with Crippen LogP contribution in [0.2, 0.25) is 0 Å². The lowest BCUT2D eigenvalue weighted by molar-refractivity contribution is -0.156. The molecule has 0 heterocycles. The SMILES string of the molecule is O=C(C=Cc1ccc(O)cc1)OC(=O)CCC(=O)c1ccccc1. The van der Waals surface area contributed by atoms with E-state index in [1.807, 2.05) is 0 Å². The summed E-state index contributed by atoms with van der Waals surface area (Å²) in [6, 6.07) is 14.8. The number of carbonyl (C=O) groups excluding carboxylic acids is 3. The highest BCUT2D eigenvalue weighted by atomic mass is 16.6.